The van der Waals surface area contributed by atoms with Gasteiger partial charge < -0.3 is 29.0 Å². The molecule has 0 saturated carbocycles. The van der Waals surface area contributed by atoms with Gasteiger partial charge in [-0.3, -0.25) is 9.59 Å². The van der Waals surface area contributed by atoms with Crippen molar-refractivity contribution in [1.29, 1.82) is 0 Å². The van der Waals surface area contributed by atoms with E-state index in [9.17, 15) is 14.7 Å². The van der Waals surface area contributed by atoms with Gasteiger partial charge in [-0.25, -0.2) is 0 Å². The number of nitrogens with zero attached hydrogens (tertiary/aromatic N) is 1. The number of benzene rings is 2. The van der Waals surface area contributed by atoms with E-state index in [1.165, 1.54) is 12.0 Å². The Kier molecular flexibility index (Phi) is 8.98. The molecule has 1 N–H and O–H groups in total. The van der Waals surface area contributed by atoms with E-state index in [2.05, 4.69) is 0 Å². The number of hydrogen-bond acceptors (Lipinski definition) is 7. The Labute approximate surface area is 212 Å². The molecule has 2 aromatic rings. The van der Waals surface area contributed by atoms with E-state index >= 15 is 0 Å². The molecule has 0 spiro atoms. The number of likely N-dealkylation sites (tertiary alicyclic amines) is 1. The minimum absolute atomic E-state index is 0.00209. The molecule has 1 saturated heterocycles. The number of aliphatic hydroxyl groups is 1. The normalized spacial score (nSPS) is 17.2. The van der Waals surface area contributed by atoms with Gasteiger partial charge in [-0.2, -0.15) is 0 Å². The molecule has 0 radical (unpaired) electrons. The minimum atomic E-state index is -0.820. The molecule has 8 heteroatoms. The maximum atomic E-state index is 13.2. The molecular weight excluding hydrogens is 462 g/mol. The van der Waals surface area contributed by atoms with Crippen LogP contribution in [0.1, 0.15) is 44.9 Å². The Morgan fingerprint density at radius 2 is 1.69 bits per heavy atom. The lowest BCUT2D eigenvalue weighted by molar-refractivity contribution is -0.140. The van der Waals surface area contributed by atoms with Gasteiger partial charge in [0, 0.05) is 19.2 Å². The van der Waals surface area contributed by atoms with Gasteiger partial charge in [-0.05, 0) is 61.7 Å². The molecule has 1 aliphatic heterocycles. The predicted molar refractivity (Wildman–Crippen MR) is 136 cm³/mol. The zero-order valence-corrected chi connectivity index (χ0v) is 21.7. The quantitative estimate of drug-likeness (QED) is 0.276. The van der Waals surface area contributed by atoms with Crippen molar-refractivity contribution in [2.75, 3.05) is 34.0 Å². The number of carbonyl (C=O) groups is 2. The Morgan fingerprint density at radius 1 is 1.00 bits per heavy atom. The lowest BCUT2D eigenvalue weighted by Crippen LogP contribution is -2.32. The first-order chi connectivity index (χ1) is 17.2. The maximum Gasteiger partial charge on any atom is 0.295 e. The van der Waals surface area contributed by atoms with Gasteiger partial charge in [-0.15, -0.1) is 0 Å². The smallest absolute Gasteiger partial charge is 0.295 e. The van der Waals surface area contributed by atoms with Crippen LogP contribution in [-0.4, -0.2) is 61.8 Å². The number of rotatable bonds is 11. The van der Waals surface area contributed by atoms with Crippen molar-refractivity contribution in [3.8, 4) is 17.2 Å². The zero-order chi connectivity index (χ0) is 26.4. The van der Waals surface area contributed by atoms with Crippen LogP contribution in [0.4, 0.5) is 0 Å². The van der Waals surface area contributed by atoms with Crippen molar-refractivity contribution in [2.24, 2.45) is 5.92 Å². The third-order valence-corrected chi connectivity index (χ3v) is 5.65. The largest absolute Gasteiger partial charge is 0.507 e. The van der Waals surface area contributed by atoms with E-state index in [1.807, 2.05) is 27.7 Å². The van der Waals surface area contributed by atoms with Crippen LogP contribution in [0.25, 0.3) is 5.76 Å². The Balaban J connectivity index is 2.11. The summed E-state index contributed by atoms with van der Waals surface area (Å²) in [5, 5.41) is 11.3. The van der Waals surface area contributed by atoms with E-state index in [4.69, 9.17) is 18.9 Å². The summed E-state index contributed by atoms with van der Waals surface area (Å²) in [6.07, 6.45) is -0.00209. The number of carbonyl (C=O) groups excluding carboxylic acids is 2. The Bertz CT molecular complexity index is 1110. The average Bonchev–Trinajstić information content (AvgIpc) is 3.10. The van der Waals surface area contributed by atoms with Crippen molar-refractivity contribution in [1.82, 2.24) is 4.90 Å². The molecule has 8 nitrogen and oxygen atoms in total. The van der Waals surface area contributed by atoms with Crippen LogP contribution >= 0.6 is 0 Å². The number of aliphatic hydroxyl groups excluding tert-OH is 1. The van der Waals surface area contributed by atoms with Crippen molar-refractivity contribution >= 4 is 17.4 Å². The molecule has 0 aliphatic carbocycles. The number of methoxy groups -OCH3 is 2. The molecule has 1 heterocycles. The zero-order valence-electron chi connectivity index (χ0n) is 21.7. The highest BCUT2D eigenvalue weighted by atomic mass is 16.5. The summed E-state index contributed by atoms with van der Waals surface area (Å²) < 4.78 is 22.3. The summed E-state index contributed by atoms with van der Waals surface area (Å²) in [5.41, 5.74) is 1.03. The molecule has 3 rings (SSSR count). The van der Waals surface area contributed by atoms with Gasteiger partial charge in [0.25, 0.3) is 11.7 Å². The highest BCUT2D eigenvalue weighted by Gasteiger charge is 2.46. The summed E-state index contributed by atoms with van der Waals surface area (Å²) >= 11 is 0. The highest BCUT2D eigenvalue weighted by molar-refractivity contribution is 6.46. The van der Waals surface area contributed by atoms with Crippen molar-refractivity contribution in [3.05, 3.63) is 59.2 Å². The average molecular weight is 498 g/mol. The van der Waals surface area contributed by atoms with Crippen molar-refractivity contribution in [2.45, 2.75) is 39.8 Å². The first-order valence-corrected chi connectivity index (χ1v) is 12.0. The van der Waals surface area contributed by atoms with Crippen LogP contribution in [0.15, 0.2) is 48.0 Å². The molecule has 36 heavy (non-hydrogen) atoms. The van der Waals surface area contributed by atoms with Gasteiger partial charge in [0.1, 0.15) is 11.5 Å². The molecule has 0 bridgehead atoms. The second kappa shape index (κ2) is 11.9. The third kappa shape index (κ3) is 5.99. The SMILES string of the molecule is COCCN1C(=O)C(=O)/C(=C(\O)c2ccc(OC(C)C)cc2)C1c1ccc(OC)c(OCC(C)C)c1. The fraction of sp³-hybridized carbons (Fsp3) is 0.429. The Morgan fingerprint density at radius 3 is 2.28 bits per heavy atom. The van der Waals surface area contributed by atoms with E-state index < -0.39 is 17.7 Å². The van der Waals surface area contributed by atoms with E-state index in [-0.39, 0.29) is 36.5 Å². The van der Waals surface area contributed by atoms with Crippen LogP contribution in [0, 0.1) is 5.92 Å². The van der Waals surface area contributed by atoms with Crippen molar-refractivity contribution < 1.29 is 33.6 Å². The molecule has 0 aromatic heterocycles. The van der Waals surface area contributed by atoms with Gasteiger partial charge >= 0.3 is 0 Å². The van der Waals surface area contributed by atoms with E-state index in [1.54, 1.807) is 49.6 Å². The summed E-state index contributed by atoms with van der Waals surface area (Å²) in [5.74, 6) is 0.254. The molecule has 1 fully saturated rings. The van der Waals surface area contributed by atoms with Crippen molar-refractivity contribution in [3.63, 3.8) is 0 Å². The van der Waals surface area contributed by atoms with E-state index in [0.29, 0.717) is 35.0 Å². The fourth-order valence-electron chi connectivity index (χ4n) is 4.00. The third-order valence-electron chi connectivity index (χ3n) is 5.65. The lowest BCUT2D eigenvalue weighted by Gasteiger charge is -2.26. The van der Waals surface area contributed by atoms with Gasteiger partial charge in [0.15, 0.2) is 11.5 Å². The summed E-state index contributed by atoms with van der Waals surface area (Å²) in [6.45, 7) is 8.79. The summed E-state index contributed by atoms with van der Waals surface area (Å²) in [7, 11) is 3.08. The summed E-state index contributed by atoms with van der Waals surface area (Å²) in [4.78, 5) is 27.6. The van der Waals surface area contributed by atoms with E-state index in [0.717, 1.165) is 0 Å². The topological polar surface area (TPSA) is 94.5 Å². The number of amides is 1. The first kappa shape index (κ1) is 27.1. The lowest BCUT2D eigenvalue weighted by atomic mass is 9.95. The van der Waals surface area contributed by atoms with Gasteiger partial charge in [0.05, 0.1) is 38.0 Å². The highest BCUT2D eigenvalue weighted by Crippen LogP contribution is 2.42. The summed E-state index contributed by atoms with van der Waals surface area (Å²) in [6, 6.07) is 11.2. The van der Waals surface area contributed by atoms with Crippen LogP contribution in [0.3, 0.4) is 0 Å². The number of ketones is 1. The maximum absolute atomic E-state index is 13.2. The van der Waals surface area contributed by atoms with Crippen LogP contribution in [0.5, 0.6) is 17.2 Å². The van der Waals surface area contributed by atoms with Gasteiger partial charge in [0.2, 0.25) is 0 Å². The minimum Gasteiger partial charge on any atom is -0.507 e. The second-order valence-electron chi connectivity index (χ2n) is 9.29. The number of ether oxygens (including phenoxy) is 4. The molecule has 2 aromatic carbocycles. The number of hydrogen-bond donors (Lipinski definition) is 1. The number of Topliss-reactive ketones (excluding diaryl/α,β-unsaturated/α-hetero) is 1. The standard InChI is InChI=1S/C28H35NO7/c1-17(2)16-35-23-15-20(9-12-22(23)34-6)25-24(27(31)28(32)29(25)13-14-33-5)26(30)19-7-10-21(11-8-19)36-18(3)4/h7-12,15,17-18,25,30H,13-14,16H2,1-6H3/b26-24-. The second-order valence-corrected chi connectivity index (χ2v) is 9.29. The van der Waals surface area contributed by atoms with Crippen LogP contribution < -0.4 is 14.2 Å². The monoisotopic (exact) mass is 497 g/mol. The first-order valence-electron chi connectivity index (χ1n) is 12.0. The molecule has 1 aliphatic rings. The van der Waals surface area contributed by atoms with Crippen LogP contribution in [-0.2, 0) is 14.3 Å². The van der Waals surface area contributed by atoms with Crippen LogP contribution in [0.2, 0.25) is 0 Å². The molecular formula is C28H35NO7. The van der Waals surface area contributed by atoms with Gasteiger partial charge in [-0.1, -0.05) is 19.9 Å². The predicted octanol–water partition coefficient (Wildman–Crippen LogP) is 4.59. The molecule has 1 unspecified atom stereocenters. The fourth-order valence-corrected chi connectivity index (χ4v) is 4.00. The molecule has 1 atom stereocenters. The Hall–Kier alpha value is -3.52. The molecule has 194 valence electrons. The molecule has 1 amide bonds.